The number of nitrogens with zero attached hydrogens (tertiary/aromatic N) is 3. The number of pyridine rings is 1. The summed E-state index contributed by atoms with van der Waals surface area (Å²) in [6.45, 7) is 0. The fourth-order valence-corrected chi connectivity index (χ4v) is 1.85. The van der Waals surface area contributed by atoms with Gasteiger partial charge >= 0.3 is 0 Å². The van der Waals surface area contributed by atoms with E-state index in [1.807, 2.05) is 36.4 Å². The van der Waals surface area contributed by atoms with Gasteiger partial charge in [0, 0.05) is 12.6 Å². The predicted octanol–water partition coefficient (Wildman–Crippen LogP) is 2.92. The summed E-state index contributed by atoms with van der Waals surface area (Å²) in [5, 5.41) is 3.95. The summed E-state index contributed by atoms with van der Waals surface area (Å²) in [7, 11) is 0. The molecular weight excluding hydrogens is 238 g/mol. The van der Waals surface area contributed by atoms with Crippen molar-refractivity contribution in [3.63, 3.8) is 0 Å². The number of aromatic nitrogens is 3. The van der Waals surface area contributed by atoms with Crippen LogP contribution in [-0.4, -0.2) is 15.1 Å². The lowest BCUT2D eigenvalue weighted by molar-refractivity contribution is 0.379. The van der Waals surface area contributed by atoms with Crippen molar-refractivity contribution in [1.29, 1.82) is 0 Å². The summed E-state index contributed by atoms with van der Waals surface area (Å²) < 4.78 is 5.24. The second kappa shape index (κ2) is 5.44. The van der Waals surface area contributed by atoms with Crippen LogP contribution in [0.1, 0.15) is 11.5 Å². The molecule has 0 atom stereocenters. The molecule has 1 aromatic carbocycles. The van der Waals surface area contributed by atoms with E-state index in [2.05, 4.69) is 27.3 Å². The maximum atomic E-state index is 5.24. The fraction of sp³-hybridized carbons (Fsp3) is 0.133. The Bertz CT molecular complexity index is 635. The van der Waals surface area contributed by atoms with Gasteiger partial charge in [-0.25, -0.2) is 0 Å². The van der Waals surface area contributed by atoms with E-state index >= 15 is 0 Å². The van der Waals surface area contributed by atoms with Crippen LogP contribution < -0.4 is 0 Å². The normalized spacial score (nSPS) is 10.5. The van der Waals surface area contributed by atoms with E-state index in [1.165, 1.54) is 5.56 Å². The monoisotopic (exact) mass is 251 g/mol. The van der Waals surface area contributed by atoms with Gasteiger partial charge in [-0.2, -0.15) is 4.98 Å². The molecule has 2 heterocycles. The molecule has 0 spiro atoms. The molecule has 0 unspecified atom stereocenters. The molecule has 3 aromatic rings. The second-order valence-corrected chi connectivity index (χ2v) is 4.21. The summed E-state index contributed by atoms with van der Waals surface area (Å²) in [4.78, 5) is 8.55. The Labute approximate surface area is 111 Å². The van der Waals surface area contributed by atoms with Crippen molar-refractivity contribution >= 4 is 0 Å². The van der Waals surface area contributed by atoms with Crippen molar-refractivity contribution in [3.05, 3.63) is 66.2 Å². The van der Waals surface area contributed by atoms with Crippen LogP contribution in [0.4, 0.5) is 0 Å². The molecule has 0 aliphatic heterocycles. The van der Waals surface area contributed by atoms with Crippen LogP contribution in [0.2, 0.25) is 0 Å². The minimum atomic E-state index is 0.545. The Kier molecular flexibility index (Phi) is 3.32. The van der Waals surface area contributed by atoms with Gasteiger partial charge in [0.25, 0.3) is 0 Å². The van der Waals surface area contributed by atoms with E-state index < -0.39 is 0 Å². The summed E-state index contributed by atoms with van der Waals surface area (Å²) in [5.74, 6) is 1.19. The van der Waals surface area contributed by atoms with Crippen LogP contribution in [0.3, 0.4) is 0 Å². The van der Waals surface area contributed by atoms with Gasteiger partial charge in [0.1, 0.15) is 5.69 Å². The van der Waals surface area contributed by atoms with Gasteiger partial charge in [0.05, 0.1) is 0 Å². The quantitative estimate of drug-likeness (QED) is 0.715. The molecule has 19 heavy (non-hydrogen) atoms. The molecule has 0 amide bonds. The van der Waals surface area contributed by atoms with Crippen molar-refractivity contribution in [2.75, 3.05) is 0 Å². The number of rotatable bonds is 4. The SMILES string of the molecule is c1ccc(CCc2nc(-c3ccccn3)no2)cc1. The third-order valence-electron chi connectivity index (χ3n) is 2.83. The van der Waals surface area contributed by atoms with E-state index in [-0.39, 0.29) is 0 Å². The van der Waals surface area contributed by atoms with Crippen LogP contribution in [0.5, 0.6) is 0 Å². The highest BCUT2D eigenvalue weighted by Crippen LogP contribution is 2.13. The molecule has 4 heteroatoms. The van der Waals surface area contributed by atoms with Gasteiger partial charge in [-0.3, -0.25) is 4.98 Å². The van der Waals surface area contributed by atoms with Crippen molar-refractivity contribution < 1.29 is 4.52 Å². The second-order valence-electron chi connectivity index (χ2n) is 4.21. The lowest BCUT2D eigenvalue weighted by atomic mass is 10.1. The highest BCUT2D eigenvalue weighted by atomic mass is 16.5. The molecule has 0 radical (unpaired) electrons. The average molecular weight is 251 g/mol. The van der Waals surface area contributed by atoms with E-state index in [9.17, 15) is 0 Å². The number of aryl methyl sites for hydroxylation is 2. The largest absolute Gasteiger partial charge is 0.339 e. The molecule has 2 aromatic heterocycles. The molecule has 4 nitrogen and oxygen atoms in total. The van der Waals surface area contributed by atoms with Crippen LogP contribution in [-0.2, 0) is 12.8 Å². The molecule has 0 fully saturated rings. The van der Waals surface area contributed by atoms with Crippen molar-refractivity contribution in [3.8, 4) is 11.5 Å². The number of hydrogen-bond acceptors (Lipinski definition) is 4. The molecule has 0 saturated carbocycles. The Morgan fingerprint density at radius 1 is 0.895 bits per heavy atom. The van der Waals surface area contributed by atoms with Crippen molar-refractivity contribution in [2.45, 2.75) is 12.8 Å². The minimum Gasteiger partial charge on any atom is -0.339 e. The lowest BCUT2D eigenvalue weighted by Crippen LogP contribution is -1.91. The van der Waals surface area contributed by atoms with Gasteiger partial charge < -0.3 is 4.52 Å². The maximum Gasteiger partial charge on any atom is 0.227 e. The third kappa shape index (κ3) is 2.85. The maximum absolute atomic E-state index is 5.24. The van der Waals surface area contributed by atoms with Gasteiger partial charge in [-0.1, -0.05) is 41.6 Å². The van der Waals surface area contributed by atoms with E-state index in [0.717, 1.165) is 18.5 Å². The zero-order valence-corrected chi connectivity index (χ0v) is 10.4. The first-order valence-corrected chi connectivity index (χ1v) is 6.20. The summed E-state index contributed by atoms with van der Waals surface area (Å²) in [6.07, 6.45) is 3.35. The first-order valence-electron chi connectivity index (χ1n) is 6.20. The minimum absolute atomic E-state index is 0.545. The lowest BCUT2D eigenvalue weighted by Gasteiger charge is -1.96. The topological polar surface area (TPSA) is 51.8 Å². The summed E-state index contributed by atoms with van der Waals surface area (Å²) in [6, 6.07) is 15.9. The van der Waals surface area contributed by atoms with Gasteiger partial charge in [0.2, 0.25) is 11.7 Å². The highest BCUT2D eigenvalue weighted by molar-refractivity contribution is 5.47. The van der Waals surface area contributed by atoms with E-state index in [0.29, 0.717) is 11.7 Å². The third-order valence-corrected chi connectivity index (χ3v) is 2.83. The number of hydrogen-bond donors (Lipinski definition) is 0. The van der Waals surface area contributed by atoms with Crippen LogP contribution in [0, 0.1) is 0 Å². The smallest absolute Gasteiger partial charge is 0.227 e. The first-order chi connectivity index (χ1) is 9.42. The molecule has 3 rings (SSSR count). The van der Waals surface area contributed by atoms with Crippen molar-refractivity contribution in [1.82, 2.24) is 15.1 Å². The zero-order valence-electron chi connectivity index (χ0n) is 10.4. The average Bonchev–Trinajstić information content (AvgIpc) is 2.96. The predicted molar refractivity (Wildman–Crippen MR) is 71.4 cm³/mol. The fourth-order valence-electron chi connectivity index (χ4n) is 1.85. The summed E-state index contributed by atoms with van der Waals surface area (Å²) in [5.41, 5.74) is 2.00. The zero-order chi connectivity index (χ0) is 12.9. The Morgan fingerprint density at radius 2 is 1.74 bits per heavy atom. The van der Waals surface area contributed by atoms with Crippen LogP contribution in [0.15, 0.2) is 59.3 Å². The Balaban J connectivity index is 1.69. The van der Waals surface area contributed by atoms with Crippen LogP contribution >= 0.6 is 0 Å². The highest BCUT2D eigenvalue weighted by Gasteiger charge is 2.09. The number of benzene rings is 1. The molecular formula is C15H13N3O. The standard InChI is InChI=1S/C15H13N3O/c1-2-6-12(7-3-1)9-10-14-17-15(18-19-14)13-8-4-5-11-16-13/h1-8,11H,9-10H2. The molecule has 0 aliphatic rings. The van der Waals surface area contributed by atoms with Gasteiger partial charge in [0.15, 0.2) is 0 Å². The Morgan fingerprint density at radius 3 is 2.53 bits per heavy atom. The summed E-state index contributed by atoms with van der Waals surface area (Å²) >= 11 is 0. The molecule has 94 valence electrons. The molecule has 0 N–H and O–H groups in total. The van der Waals surface area contributed by atoms with E-state index in [1.54, 1.807) is 6.20 Å². The van der Waals surface area contributed by atoms with Crippen LogP contribution in [0.25, 0.3) is 11.5 Å². The molecule has 0 saturated heterocycles. The Hall–Kier alpha value is -2.49. The van der Waals surface area contributed by atoms with E-state index in [4.69, 9.17) is 4.52 Å². The molecule has 0 bridgehead atoms. The molecule has 0 aliphatic carbocycles. The van der Waals surface area contributed by atoms with Crippen molar-refractivity contribution in [2.24, 2.45) is 0 Å². The first kappa shape index (κ1) is 11.6. The van der Waals surface area contributed by atoms with Gasteiger partial charge in [-0.05, 0) is 24.1 Å². The van der Waals surface area contributed by atoms with Gasteiger partial charge in [-0.15, -0.1) is 0 Å².